The largest absolute Gasteiger partial charge is 0.497 e. The molecule has 2 heterocycles. The summed E-state index contributed by atoms with van der Waals surface area (Å²) in [5.41, 5.74) is 4.47. The van der Waals surface area contributed by atoms with Crippen LogP contribution in [0.2, 0.25) is 0 Å². The number of ether oxygens (including phenoxy) is 1. The number of carbonyl (C=O) groups excluding carboxylic acids is 2. The third-order valence-corrected chi connectivity index (χ3v) is 7.13. The molecule has 6 heteroatoms. The van der Waals surface area contributed by atoms with Crippen molar-refractivity contribution in [3.8, 4) is 5.75 Å². The van der Waals surface area contributed by atoms with Crippen LogP contribution in [0.15, 0.2) is 113 Å². The van der Waals surface area contributed by atoms with Crippen molar-refractivity contribution in [1.29, 1.82) is 0 Å². The number of furan rings is 1. The van der Waals surface area contributed by atoms with Gasteiger partial charge in [0.05, 0.1) is 24.7 Å². The smallest absolute Gasteiger partial charge is 0.259 e. The number of hydrogen-bond donors (Lipinski definition) is 1. The molecule has 184 valence electrons. The zero-order chi connectivity index (χ0) is 25.4. The van der Waals surface area contributed by atoms with Gasteiger partial charge in [0, 0.05) is 23.3 Å². The molecule has 4 aromatic rings. The van der Waals surface area contributed by atoms with Crippen LogP contribution in [0.5, 0.6) is 5.75 Å². The van der Waals surface area contributed by atoms with Crippen molar-refractivity contribution < 1.29 is 18.7 Å². The fourth-order valence-corrected chi connectivity index (χ4v) is 5.36. The van der Waals surface area contributed by atoms with E-state index in [0.717, 1.165) is 22.7 Å². The highest BCUT2D eigenvalue weighted by Crippen LogP contribution is 2.48. The first-order valence-electron chi connectivity index (χ1n) is 12.3. The Morgan fingerprint density at radius 1 is 0.919 bits per heavy atom. The maximum absolute atomic E-state index is 14.1. The zero-order valence-electron chi connectivity index (χ0n) is 20.4. The van der Waals surface area contributed by atoms with E-state index in [0.29, 0.717) is 35.4 Å². The van der Waals surface area contributed by atoms with Gasteiger partial charge >= 0.3 is 0 Å². The van der Waals surface area contributed by atoms with E-state index in [2.05, 4.69) is 5.32 Å². The summed E-state index contributed by atoms with van der Waals surface area (Å²) >= 11 is 0. The molecule has 37 heavy (non-hydrogen) atoms. The maximum atomic E-state index is 14.1. The zero-order valence-corrected chi connectivity index (χ0v) is 20.4. The molecule has 2 aliphatic rings. The number of rotatable bonds is 4. The molecule has 0 bridgehead atoms. The Morgan fingerprint density at radius 2 is 1.68 bits per heavy atom. The molecule has 1 aromatic heterocycles. The summed E-state index contributed by atoms with van der Waals surface area (Å²) in [4.78, 5) is 29.7. The maximum Gasteiger partial charge on any atom is 0.259 e. The Morgan fingerprint density at radius 3 is 2.41 bits per heavy atom. The second-order valence-electron chi connectivity index (χ2n) is 9.30. The third kappa shape index (κ3) is 4.10. The minimum absolute atomic E-state index is 0.00497. The van der Waals surface area contributed by atoms with Crippen LogP contribution < -0.4 is 15.0 Å². The number of para-hydroxylation sites is 2. The quantitative estimate of drug-likeness (QED) is 0.353. The number of anilines is 2. The minimum Gasteiger partial charge on any atom is -0.497 e. The van der Waals surface area contributed by atoms with Crippen LogP contribution in [0.25, 0.3) is 0 Å². The van der Waals surface area contributed by atoms with E-state index in [-0.39, 0.29) is 17.6 Å². The lowest BCUT2D eigenvalue weighted by molar-refractivity contribution is -0.116. The number of Topliss-reactive ketones (excluding diaryl/α,β-unsaturated/α-hetero) is 1. The molecule has 1 amide bonds. The predicted molar refractivity (Wildman–Crippen MR) is 142 cm³/mol. The van der Waals surface area contributed by atoms with Crippen LogP contribution >= 0.6 is 0 Å². The minimum atomic E-state index is -0.696. The Hall–Kier alpha value is -4.58. The van der Waals surface area contributed by atoms with E-state index in [9.17, 15) is 9.59 Å². The fraction of sp³-hybridized carbons (Fsp3) is 0.161. The summed E-state index contributed by atoms with van der Waals surface area (Å²) < 4.78 is 11.2. The number of methoxy groups -OCH3 is 1. The van der Waals surface area contributed by atoms with Gasteiger partial charge in [0.25, 0.3) is 5.91 Å². The first kappa shape index (κ1) is 22.9. The van der Waals surface area contributed by atoms with Crippen LogP contribution in [0.4, 0.5) is 11.4 Å². The van der Waals surface area contributed by atoms with Gasteiger partial charge in [-0.1, -0.05) is 42.5 Å². The number of amides is 1. The first-order valence-corrected chi connectivity index (χ1v) is 12.3. The van der Waals surface area contributed by atoms with Gasteiger partial charge in [-0.3, -0.25) is 14.5 Å². The van der Waals surface area contributed by atoms with Crippen molar-refractivity contribution in [2.45, 2.75) is 24.8 Å². The van der Waals surface area contributed by atoms with E-state index in [4.69, 9.17) is 9.15 Å². The SMILES string of the molecule is COc1ccc([C@@H]2CC(=O)C3=C(C2)Nc2ccccc2N(C(=O)c2ccccc2)[C@@H]3c2ccco2)cc1. The summed E-state index contributed by atoms with van der Waals surface area (Å²) in [6.45, 7) is 0. The first-order chi connectivity index (χ1) is 18.1. The molecule has 0 spiro atoms. The second-order valence-corrected chi connectivity index (χ2v) is 9.30. The normalized spacial score (nSPS) is 18.9. The number of nitrogens with zero attached hydrogens (tertiary/aromatic N) is 1. The van der Waals surface area contributed by atoms with E-state index in [1.807, 2.05) is 72.8 Å². The lowest BCUT2D eigenvalue weighted by atomic mass is 9.79. The Labute approximate surface area is 215 Å². The molecule has 0 saturated carbocycles. The van der Waals surface area contributed by atoms with Gasteiger partial charge in [0.2, 0.25) is 0 Å². The molecule has 6 rings (SSSR count). The Bertz CT molecular complexity index is 1470. The number of fused-ring (bicyclic) bond motifs is 1. The number of carbonyl (C=O) groups is 2. The van der Waals surface area contributed by atoms with E-state index >= 15 is 0 Å². The molecule has 1 aliphatic heterocycles. The highest BCUT2D eigenvalue weighted by molar-refractivity contribution is 6.11. The summed E-state index contributed by atoms with van der Waals surface area (Å²) in [5.74, 6) is 1.13. The van der Waals surface area contributed by atoms with Crippen LogP contribution in [-0.2, 0) is 4.79 Å². The number of ketones is 1. The molecule has 3 aromatic carbocycles. The molecule has 0 fully saturated rings. The van der Waals surface area contributed by atoms with Gasteiger partial charge < -0.3 is 14.5 Å². The lowest BCUT2D eigenvalue weighted by Crippen LogP contribution is -2.38. The van der Waals surface area contributed by atoms with Gasteiger partial charge in [-0.25, -0.2) is 0 Å². The topological polar surface area (TPSA) is 71.8 Å². The van der Waals surface area contributed by atoms with Gasteiger partial charge in [0.15, 0.2) is 5.78 Å². The van der Waals surface area contributed by atoms with Crippen LogP contribution in [0.1, 0.15) is 46.5 Å². The van der Waals surface area contributed by atoms with Crippen LogP contribution in [0.3, 0.4) is 0 Å². The molecular weight excluding hydrogens is 464 g/mol. The number of hydrogen-bond acceptors (Lipinski definition) is 5. The average Bonchev–Trinajstić information content (AvgIpc) is 3.43. The third-order valence-electron chi connectivity index (χ3n) is 7.13. The van der Waals surface area contributed by atoms with Crippen molar-refractivity contribution in [2.24, 2.45) is 0 Å². The lowest BCUT2D eigenvalue weighted by Gasteiger charge is -2.33. The highest BCUT2D eigenvalue weighted by atomic mass is 16.5. The molecule has 1 N–H and O–H groups in total. The average molecular weight is 491 g/mol. The highest BCUT2D eigenvalue weighted by Gasteiger charge is 2.43. The van der Waals surface area contributed by atoms with Crippen LogP contribution in [-0.4, -0.2) is 18.8 Å². The van der Waals surface area contributed by atoms with Crippen LogP contribution in [0, 0.1) is 0 Å². The Balaban J connectivity index is 1.51. The summed E-state index contributed by atoms with van der Waals surface area (Å²) in [7, 11) is 1.64. The van der Waals surface area contributed by atoms with Crippen molar-refractivity contribution in [2.75, 3.05) is 17.3 Å². The second kappa shape index (κ2) is 9.47. The number of allylic oxidation sites excluding steroid dienone is 1. The number of nitrogens with one attached hydrogen (secondary N) is 1. The number of benzene rings is 3. The van der Waals surface area contributed by atoms with Crippen molar-refractivity contribution in [3.05, 3.63) is 125 Å². The van der Waals surface area contributed by atoms with E-state index in [1.165, 1.54) is 0 Å². The monoisotopic (exact) mass is 490 g/mol. The van der Waals surface area contributed by atoms with Crippen molar-refractivity contribution >= 4 is 23.1 Å². The standard InChI is InChI=1S/C31H26N2O4/c1-36-23-15-13-20(14-16-23)22-18-25-29(27(34)19-22)30(28-12-7-17-37-28)33(26-11-6-5-10-24(26)32-25)31(35)21-8-3-2-4-9-21/h2-17,22,30,32H,18-19H2,1H3/t22-,30+/m0/s1. The predicted octanol–water partition coefficient (Wildman–Crippen LogP) is 6.50. The van der Waals surface area contributed by atoms with Gasteiger partial charge in [-0.05, 0) is 66.4 Å². The van der Waals surface area contributed by atoms with Gasteiger partial charge in [0.1, 0.15) is 17.6 Å². The Kier molecular flexibility index (Phi) is 5.85. The van der Waals surface area contributed by atoms with Gasteiger partial charge in [-0.15, -0.1) is 0 Å². The molecule has 6 nitrogen and oxygen atoms in total. The van der Waals surface area contributed by atoms with Crippen molar-refractivity contribution in [3.63, 3.8) is 0 Å². The summed E-state index contributed by atoms with van der Waals surface area (Å²) in [6, 6.07) is 27.6. The van der Waals surface area contributed by atoms with Gasteiger partial charge in [-0.2, -0.15) is 0 Å². The molecule has 0 saturated heterocycles. The molecule has 1 aliphatic carbocycles. The fourth-order valence-electron chi connectivity index (χ4n) is 5.36. The van der Waals surface area contributed by atoms with E-state index < -0.39 is 6.04 Å². The molecular formula is C31H26N2O4. The molecule has 2 atom stereocenters. The van der Waals surface area contributed by atoms with E-state index in [1.54, 1.807) is 36.5 Å². The summed E-state index contributed by atoms with van der Waals surface area (Å²) in [5, 5.41) is 3.54. The molecule has 0 radical (unpaired) electrons. The summed E-state index contributed by atoms with van der Waals surface area (Å²) in [6.07, 6.45) is 2.55. The molecule has 0 unspecified atom stereocenters. The van der Waals surface area contributed by atoms with Crippen molar-refractivity contribution in [1.82, 2.24) is 0 Å².